The molecule has 178 valence electrons. The number of carbonyl (C=O) groups excluding carboxylic acids is 1. The van der Waals surface area contributed by atoms with Crippen LogP contribution in [0.5, 0.6) is 5.75 Å². The molecule has 0 bridgehead atoms. The fourth-order valence-corrected chi connectivity index (χ4v) is 4.61. The van der Waals surface area contributed by atoms with E-state index in [4.69, 9.17) is 4.74 Å². The van der Waals surface area contributed by atoms with Gasteiger partial charge in [-0.1, -0.05) is 7.43 Å². The van der Waals surface area contributed by atoms with Gasteiger partial charge in [-0.25, -0.2) is 13.5 Å². The highest BCUT2D eigenvalue weighted by atomic mass is 19.3. The molecule has 33 heavy (non-hydrogen) atoms. The average Bonchev–Trinajstić information content (AvgIpc) is 3.50. The zero-order valence-corrected chi connectivity index (χ0v) is 17.8. The van der Waals surface area contributed by atoms with Crippen molar-refractivity contribution in [2.45, 2.75) is 58.1 Å². The van der Waals surface area contributed by atoms with Crippen molar-refractivity contribution in [3.8, 4) is 16.9 Å². The molecule has 3 atom stereocenters. The van der Waals surface area contributed by atoms with E-state index in [0.29, 0.717) is 41.8 Å². The van der Waals surface area contributed by atoms with Gasteiger partial charge in [-0.15, -0.1) is 0 Å². The molecule has 1 saturated heterocycles. The lowest BCUT2D eigenvalue weighted by atomic mass is 10.0. The van der Waals surface area contributed by atoms with Gasteiger partial charge in [0.25, 0.3) is 0 Å². The SMILES string of the molecule is C.C[C@@H](Oc1cc(-c2cnn(C3CCC(F)(F)C3)c2)cc2nn(C)c(F)c12)[C@H]1CNC(=O)C1. The van der Waals surface area contributed by atoms with Gasteiger partial charge in [-0.05, 0) is 31.0 Å². The largest absolute Gasteiger partial charge is 0.489 e. The second kappa shape index (κ2) is 8.39. The lowest BCUT2D eigenvalue weighted by molar-refractivity contribution is -0.119. The molecule has 1 unspecified atom stereocenters. The molecule has 1 saturated carbocycles. The first kappa shape index (κ1) is 23.1. The first-order valence-electron chi connectivity index (χ1n) is 10.7. The van der Waals surface area contributed by atoms with Gasteiger partial charge < -0.3 is 10.1 Å². The molecule has 2 fully saturated rings. The van der Waals surface area contributed by atoms with Crippen LogP contribution in [-0.4, -0.2) is 44.0 Å². The summed E-state index contributed by atoms with van der Waals surface area (Å²) in [5, 5.41) is 11.6. The molecule has 0 spiro atoms. The Balaban J connectivity index is 0.00000259. The smallest absolute Gasteiger partial charge is 0.250 e. The molecule has 1 N–H and O–H groups in total. The van der Waals surface area contributed by atoms with Crippen LogP contribution in [0.25, 0.3) is 22.0 Å². The van der Waals surface area contributed by atoms with Crippen LogP contribution in [0.3, 0.4) is 0 Å². The number of aromatic nitrogens is 4. The molecule has 3 aromatic rings. The van der Waals surface area contributed by atoms with Crippen LogP contribution in [0.4, 0.5) is 13.2 Å². The Morgan fingerprint density at radius 1 is 1.30 bits per heavy atom. The topological polar surface area (TPSA) is 74.0 Å². The Bertz CT molecular complexity index is 1190. The Kier molecular flexibility index (Phi) is 5.88. The van der Waals surface area contributed by atoms with E-state index in [1.807, 2.05) is 6.92 Å². The van der Waals surface area contributed by atoms with Crippen LogP contribution in [0.2, 0.25) is 0 Å². The molecule has 2 aromatic heterocycles. The fraction of sp³-hybridized carbons (Fsp3) is 0.522. The average molecular weight is 464 g/mol. The summed E-state index contributed by atoms with van der Waals surface area (Å²) in [6, 6.07) is 3.11. The van der Waals surface area contributed by atoms with Crippen LogP contribution in [0, 0.1) is 11.9 Å². The Morgan fingerprint density at radius 3 is 2.76 bits per heavy atom. The monoisotopic (exact) mass is 463 g/mol. The maximum Gasteiger partial charge on any atom is 0.250 e. The normalized spacial score (nSPS) is 22.9. The number of carbonyl (C=O) groups is 1. The van der Waals surface area contributed by atoms with Crippen molar-refractivity contribution < 1.29 is 22.7 Å². The highest BCUT2D eigenvalue weighted by molar-refractivity contribution is 5.90. The number of nitrogens with one attached hydrogen (secondary N) is 1. The van der Waals surface area contributed by atoms with Crippen molar-refractivity contribution >= 4 is 16.8 Å². The molecule has 1 amide bonds. The van der Waals surface area contributed by atoms with Gasteiger partial charge in [0, 0.05) is 50.5 Å². The first-order chi connectivity index (χ1) is 15.2. The van der Waals surface area contributed by atoms with Gasteiger partial charge in [0.15, 0.2) is 0 Å². The quantitative estimate of drug-likeness (QED) is 0.606. The fourth-order valence-electron chi connectivity index (χ4n) is 4.61. The molecule has 10 heteroatoms. The van der Waals surface area contributed by atoms with Crippen LogP contribution < -0.4 is 10.1 Å². The molecule has 1 aliphatic carbocycles. The molecule has 2 aliphatic rings. The Morgan fingerprint density at radius 2 is 2.09 bits per heavy atom. The van der Waals surface area contributed by atoms with Crippen molar-refractivity contribution in [3.05, 3.63) is 30.5 Å². The van der Waals surface area contributed by atoms with E-state index in [0.717, 1.165) is 4.68 Å². The maximum absolute atomic E-state index is 14.8. The van der Waals surface area contributed by atoms with E-state index < -0.39 is 11.9 Å². The van der Waals surface area contributed by atoms with E-state index in [-0.39, 0.29) is 49.6 Å². The van der Waals surface area contributed by atoms with Gasteiger partial charge in [-0.2, -0.15) is 14.6 Å². The lowest BCUT2D eigenvalue weighted by Gasteiger charge is -2.20. The number of hydrogen-bond acceptors (Lipinski definition) is 4. The van der Waals surface area contributed by atoms with E-state index in [1.54, 1.807) is 29.2 Å². The van der Waals surface area contributed by atoms with Crippen molar-refractivity contribution in [3.63, 3.8) is 0 Å². The van der Waals surface area contributed by atoms with Crippen LogP contribution in [0.1, 0.15) is 46.1 Å². The van der Waals surface area contributed by atoms with Crippen molar-refractivity contribution in [2.24, 2.45) is 13.0 Å². The minimum atomic E-state index is -2.66. The third-order valence-corrected chi connectivity index (χ3v) is 6.50. The number of benzene rings is 1. The Labute approximate surface area is 189 Å². The zero-order chi connectivity index (χ0) is 22.6. The number of alkyl halides is 2. The van der Waals surface area contributed by atoms with E-state index in [1.165, 1.54) is 7.05 Å². The van der Waals surface area contributed by atoms with Crippen LogP contribution in [0.15, 0.2) is 24.5 Å². The molecule has 0 radical (unpaired) electrons. The predicted octanol–water partition coefficient (Wildman–Crippen LogP) is 4.48. The lowest BCUT2D eigenvalue weighted by Crippen LogP contribution is -2.25. The molecular weight excluding hydrogens is 435 g/mol. The molecule has 1 aromatic carbocycles. The Hall–Kier alpha value is -3.04. The third-order valence-electron chi connectivity index (χ3n) is 6.50. The second-order valence-electron chi connectivity index (χ2n) is 8.84. The number of halogens is 3. The van der Waals surface area contributed by atoms with Crippen LogP contribution in [-0.2, 0) is 11.8 Å². The maximum atomic E-state index is 14.8. The van der Waals surface area contributed by atoms with Gasteiger partial charge in [-0.3, -0.25) is 9.48 Å². The van der Waals surface area contributed by atoms with Gasteiger partial charge in [0.1, 0.15) is 11.9 Å². The van der Waals surface area contributed by atoms with Gasteiger partial charge in [0.2, 0.25) is 17.8 Å². The molecule has 3 heterocycles. The summed E-state index contributed by atoms with van der Waals surface area (Å²) in [4.78, 5) is 11.6. The van der Waals surface area contributed by atoms with Crippen molar-refractivity contribution in [2.75, 3.05) is 6.54 Å². The number of ether oxygens (including phenoxy) is 1. The number of rotatable bonds is 5. The minimum absolute atomic E-state index is 0. The number of amides is 1. The molecule has 7 nitrogen and oxygen atoms in total. The summed E-state index contributed by atoms with van der Waals surface area (Å²) in [7, 11) is 1.51. The predicted molar refractivity (Wildman–Crippen MR) is 118 cm³/mol. The molecular formula is C23H28F3N5O2. The number of hydrogen-bond donors (Lipinski definition) is 1. The number of fused-ring (bicyclic) bond motifs is 1. The number of nitrogens with zero attached hydrogens (tertiary/aromatic N) is 4. The standard InChI is InChI=1S/C22H24F3N5O2.CH4/c1-12(14-7-19(31)26-9-14)32-18-6-13(5-17-20(18)21(23)29(2)28-17)15-10-27-30(11-15)16-3-4-22(24,25)8-16;/h5-6,10-12,14,16H,3-4,7-9H2,1-2H3,(H,26,31);1H4/t12-,14-,16?;/m1./s1. The summed E-state index contributed by atoms with van der Waals surface area (Å²) >= 11 is 0. The summed E-state index contributed by atoms with van der Waals surface area (Å²) in [5.74, 6) is -2.89. The van der Waals surface area contributed by atoms with Gasteiger partial charge >= 0.3 is 0 Å². The highest BCUT2D eigenvalue weighted by Gasteiger charge is 2.40. The molecule has 5 rings (SSSR count). The van der Waals surface area contributed by atoms with E-state index in [9.17, 15) is 18.0 Å². The van der Waals surface area contributed by atoms with Crippen molar-refractivity contribution in [1.29, 1.82) is 0 Å². The second-order valence-corrected chi connectivity index (χ2v) is 8.84. The van der Waals surface area contributed by atoms with Gasteiger partial charge in [0.05, 0.1) is 23.1 Å². The van der Waals surface area contributed by atoms with E-state index in [2.05, 4.69) is 15.5 Å². The molecule has 1 aliphatic heterocycles. The summed E-state index contributed by atoms with van der Waals surface area (Å²) in [6.07, 6.45) is 3.40. The highest BCUT2D eigenvalue weighted by Crippen LogP contribution is 2.42. The third kappa shape index (κ3) is 4.30. The summed E-state index contributed by atoms with van der Waals surface area (Å²) < 4.78 is 50.9. The minimum Gasteiger partial charge on any atom is -0.489 e. The summed E-state index contributed by atoms with van der Waals surface area (Å²) in [5.41, 5.74) is 1.84. The first-order valence-corrected chi connectivity index (χ1v) is 10.7. The van der Waals surface area contributed by atoms with Crippen LogP contribution >= 0.6 is 0 Å². The van der Waals surface area contributed by atoms with E-state index >= 15 is 0 Å². The summed E-state index contributed by atoms with van der Waals surface area (Å²) in [6.45, 7) is 2.37. The zero-order valence-electron chi connectivity index (χ0n) is 17.8. The number of aryl methyl sites for hydroxylation is 1. The van der Waals surface area contributed by atoms with Crippen molar-refractivity contribution in [1.82, 2.24) is 24.9 Å².